The monoisotopic (exact) mass is 286 g/mol. The van der Waals surface area contributed by atoms with Crippen LogP contribution in [0, 0.1) is 6.92 Å². The predicted octanol–water partition coefficient (Wildman–Crippen LogP) is 2.01. The van der Waals surface area contributed by atoms with Crippen molar-refractivity contribution in [3.63, 3.8) is 0 Å². The van der Waals surface area contributed by atoms with Gasteiger partial charge in [0.25, 0.3) is 0 Å². The highest BCUT2D eigenvalue weighted by molar-refractivity contribution is 5.18. The highest BCUT2D eigenvalue weighted by atomic mass is 16.5. The van der Waals surface area contributed by atoms with Crippen LogP contribution in [0.3, 0.4) is 0 Å². The molecule has 5 heteroatoms. The minimum atomic E-state index is 0.401. The minimum Gasteiger partial charge on any atom is -0.383 e. The molecule has 0 bridgehead atoms. The lowest BCUT2D eigenvalue weighted by atomic mass is 10.1. The molecule has 3 heterocycles. The molecular weight excluding hydrogens is 264 g/mol. The van der Waals surface area contributed by atoms with Crippen LogP contribution in [0.4, 0.5) is 0 Å². The van der Waals surface area contributed by atoms with Crippen LogP contribution in [-0.4, -0.2) is 39.4 Å². The van der Waals surface area contributed by atoms with E-state index in [0.717, 1.165) is 38.4 Å². The molecule has 0 unspecified atom stereocenters. The van der Waals surface area contributed by atoms with Crippen molar-refractivity contribution in [2.75, 3.05) is 13.7 Å². The van der Waals surface area contributed by atoms with E-state index < -0.39 is 0 Å². The summed E-state index contributed by atoms with van der Waals surface area (Å²) in [5, 5.41) is 4.40. The van der Waals surface area contributed by atoms with Gasteiger partial charge in [0, 0.05) is 45.2 Å². The molecule has 0 amide bonds. The SMILES string of the molecule is COC[C@H]1CCn2nccc2CN1Cc1ncccc1C. The summed E-state index contributed by atoms with van der Waals surface area (Å²) in [4.78, 5) is 6.99. The fourth-order valence-corrected chi connectivity index (χ4v) is 2.93. The number of hydrogen-bond donors (Lipinski definition) is 0. The molecule has 1 aliphatic heterocycles. The van der Waals surface area contributed by atoms with E-state index in [1.165, 1.54) is 11.3 Å². The lowest BCUT2D eigenvalue weighted by molar-refractivity contribution is 0.0771. The summed E-state index contributed by atoms with van der Waals surface area (Å²) in [5.74, 6) is 0. The summed E-state index contributed by atoms with van der Waals surface area (Å²) in [6.45, 7) is 5.57. The second-order valence-electron chi connectivity index (χ2n) is 5.62. The molecular formula is C16H22N4O. The highest BCUT2D eigenvalue weighted by Crippen LogP contribution is 2.20. The molecule has 2 aromatic rings. The van der Waals surface area contributed by atoms with Gasteiger partial charge in [0.15, 0.2) is 0 Å². The van der Waals surface area contributed by atoms with Crippen LogP contribution in [0.2, 0.25) is 0 Å². The van der Waals surface area contributed by atoms with Gasteiger partial charge < -0.3 is 4.74 Å². The first kappa shape index (κ1) is 14.2. The van der Waals surface area contributed by atoms with Gasteiger partial charge in [0.05, 0.1) is 18.0 Å². The summed E-state index contributed by atoms with van der Waals surface area (Å²) in [6.07, 6.45) is 4.81. The van der Waals surface area contributed by atoms with Gasteiger partial charge in [-0.15, -0.1) is 0 Å². The molecule has 112 valence electrons. The average Bonchev–Trinajstić information content (AvgIpc) is 2.86. The number of methoxy groups -OCH3 is 1. The van der Waals surface area contributed by atoms with Crippen molar-refractivity contribution in [1.29, 1.82) is 0 Å². The van der Waals surface area contributed by atoms with Crippen LogP contribution < -0.4 is 0 Å². The first-order chi connectivity index (χ1) is 10.3. The van der Waals surface area contributed by atoms with E-state index in [-0.39, 0.29) is 0 Å². The number of ether oxygens (including phenoxy) is 1. The molecule has 0 aromatic carbocycles. The molecule has 1 aliphatic rings. The zero-order chi connectivity index (χ0) is 14.7. The van der Waals surface area contributed by atoms with Crippen molar-refractivity contribution < 1.29 is 4.74 Å². The smallest absolute Gasteiger partial charge is 0.0619 e. The second-order valence-corrected chi connectivity index (χ2v) is 5.62. The third kappa shape index (κ3) is 3.14. The number of fused-ring (bicyclic) bond motifs is 1. The third-order valence-electron chi connectivity index (χ3n) is 4.19. The van der Waals surface area contributed by atoms with Crippen molar-refractivity contribution in [1.82, 2.24) is 19.7 Å². The van der Waals surface area contributed by atoms with E-state index in [2.05, 4.69) is 38.7 Å². The Kier molecular flexibility index (Phi) is 4.31. The molecule has 1 atom stereocenters. The topological polar surface area (TPSA) is 43.2 Å². The fourth-order valence-electron chi connectivity index (χ4n) is 2.93. The molecule has 0 fully saturated rings. The molecule has 0 radical (unpaired) electrons. The van der Waals surface area contributed by atoms with Gasteiger partial charge in [-0.05, 0) is 31.0 Å². The van der Waals surface area contributed by atoms with Gasteiger partial charge in [-0.2, -0.15) is 5.10 Å². The zero-order valence-electron chi connectivity index (χ0n) is 12.7. The van der Waals surface area contributed by atoms with E-state index in [9.17, 15) is 0 Å². The summed E-state index contributed by atoms with van der Waals surface area (Å²) < 4.78 is 7.52. The standard InChI is InChI=1S/C16H22N4O/c1-13-4-3-7-17-16(13)11-19-10-14-5-8-18-20(14)9-6-15(19)12-21-2/h3-5,7-8,15H,6,9-12H2,1-2H3/t15-/m1/s1. The Bertz CT molecular complexity index is 595. The van der Waals surface area contributed by atoms with E-state index in [4.69, 9.17) is 4.74 Å². The Labute approximate surface area is 125 Å². The van der Waals surface area contributed by atoms with Gasteiger partial charge in [-0.3, -0.25) is 14.6 Å². The zero-order valence-corrected chi connectivity index (χ0v) is 12.7. The Hall–Kier alpha value is -1.72. The summed E-state index contributed by atoms with van der Waals surface area (Å²) in [6, 6.07) is 6.62. The highest BCUT2D eigenvalue weighted by Gasteiger charge is 2.24. The molecule has 0 aliphatic carbocycles. The molecule has 0 spiro atoms. The average molecular weight is 286 g/mol. The third-order valence-corrected chi connectivity index (χ3v) is 4.19. The predicted molar refractivity (Wildman–Crippen MR) is 80.7 cm³/mol. The largest absolute Gasteiger partial charge is 0.383 e. The Morgan fingerprint density at radius 1 is 1.33 bits per heavy atom. The Morgan fingerprint density at radius 2 is 2.24 bits per heavy atom. The number of aromatic nitrogens is 3. The molecule has 21 heavy (non-hydrogen) atoms. The summed E-state index contributed by atoms with van der Waals surface area (Å²) in [5.41, 5.74) is 3.65. The molecule has 0 saturated carbocycles. The fraction of sp³-hybridized carbons (Fsp3) is 0.500. The molecule has 2 aromatic heterocycles. The quantitative estimate of drug-likeness (QED) is 0.862. The van der Waals surface area contributed by atoms with Crippen LogP contribution in [0.5, 0.6) is 0 Å². The van der Waals surface area contributed by atoms with Gasteiger partial charge >= 0.3 is 0 Å². The minimum absolute atomic E-state index is 0.401. The summed E-state index contributed by atoms with van der Waals surface area (Å²) in [7, 11) is 1.77. The maximum Gasteiger partial charge on any atom is 0.0619 e. The van der Waals surface area contributed by atoms with Crippen molar-refractivity contribution in [3.05, 3.63) is 47.5 Å². The normalized spacial score (nSPS) is 19.2. The first-order valence-corrected chi connectivity index (χ1v) is 7.42. The Balaban J connectivity index is 1.83. The van der Waals surface area contributed by atoms with Gasteiger partial charge in [-0.1, -0.05) is 6.07 Å². The van der Waals surface area contributed by atoms with Crippen LogP contribution in [0.1, 0.15) is 23.4 Å². The van der Waals surface area contributed by atoms with Crippen molar-refractivity contribution in [3.8, 4) is 0 Å². The first-order valence-electron chi connectivity index (χ1n) is 7.42. The van der Waals surface area contributed by atoms with Gasteiger partial charge in [-0.25, -0.2) is 0 Å². The van der Waals surface area contributed by atoms with Crippen LogP contribution in [0.15, 0.2) is 30.6 Å². The van der Waals surface area contributed by atoms with Crippen molar-refractivity contribution >= 4 is 0 Å². The number of nitrogens with zero attached hydrogens (tertiary/aromatic N) is 4. The van der Waals surface area contributed by atoms with Crippen molar-refractivity contribution in [2.45, 2.75) is 39.0 Å². The molecule has 3 rings (SSSR count). The maximum atomic E-state index is 5.42. The van der Waals surface area contributed by atoms with Crippen LogP contribution >= 0.6 is 0 Å². The van der Waals surface area contributed by atoms with Gasteiger partial charge in [0.1, 0.15) is 0 Å². The number of hydrogen-bond acceptors (Lipinski definition) is 4. The number of aryl methyl sites for hydroxylation is 2. The summed E-state index contributed by atoms with van der Waals surface area (Å²) >= 11 is 0. The molecule has 5 nitrogen and oxygen atoms in total. The van der Waals surface area contributed by atoms with Crippen LogP contribution in [0.25, 0.3) is 0 Å². The van der Waals surface area contributed by atoms with E-state index in [0.29, 0.717) is 6.04 Å². The van der Waals surface area contributed by atoms with E-state index in [1.807, 2.05) is 18.5 Å². The maximum absolute atomic E-state index is 5.42. The lowest BCUT2D eigenvalue weighted by Crippen LogP contribution is -2.37. The van der Waals surface area contributed by atoms with E-state index in [1.54, 1.807) is 7.11 Å². The van der Waals surface area contributed by atoms with Gasteiger partial charge in [0.2, 0.25) is 0 Å². The Morgan fingerprint density at radius 3 is 3.05 bits per heavy atom. The lowest BCUT2D eigenvalue weighted by Gasteiger charge is -2.29. The second kappa shape index (κ2) is 6.37. The van der Waals surface area contributed by atoms with Crippen LogP contribution in [-0.2, 0) is 24.4 Å². The van der Waals surface area contributed by atoms with Crippen molar-refractivity contribution in [2.24, 2.45) is 0 Å². The molecule has 0 N–H and O–H groups in total. The number of pyridine rings is 1. The number of rotatable bonds is 4. The van der Waals surface area contributed by atoms with E-state index >= 15 is 0 Å². The molecule has 0 saturated heterocycles.